The fourth-order valence-electron chi connectivity index (χ4n) is 1.45. The molecule has 0 N–H and O–H groups in total. The van der Waals surface area contributed by atoms with E-state index in [-0.39, 0.29) is 5.25 Å². The monoisotopic (exact) mass is 224 g/mol. The fraction of sp³-hybridized carbons (Fsp3) is 0.538. The van der Waals surface area contributed by atoms with Gasteiger partial charge in [-0.1, -0.05) is 26.0 Å². The Morgan fingerprint density at radius 1 is 1.27 bits per heavy atom. The Bertz CT molecular complexity index is 309. The van der Waals surface area contributed by atoms with Gasteiger partial charge in [-0.25, -0.2) is 0 Å². The van der Waals surface area contributed by atoms with Gasteiger partial charge in [-0.15, -0.1) is 0 Å². The molecule has 0 bridgehead atoms. The molecule has 0 amide bonds. The van der Waals surface area contributed by atoms with Gasteiger partial charge < -0.3 is 4.55 Å². The maximum Gasteiger partial charge on any atom is 0.153 e. The lowest BCUT2D eigenvalue weighted by Crippen LogP contribution is -2.14. The van der Waals surface area contributed by atoms with Crippen molar-refractivity contribution in [3.05, 3.63) is 29.8 Å². The second kappa shape index (κ2) is 5.57. The van der Waals surface area contributed by atoms with E-state index in [9.17, 15) is 4.55 Å². The van der Waals surface area contributed by atoms with E-state index in [4.69, 9.17) is 0 Å². The average Bonchev–Trinajstić information content (AvgIpc) is 2.27. The van der Waals surface area contributed by atoms with Crippen LogP contribution in [0.2, 0.25) is 0 Å². The van der Waals surface area contributed by atoms with Crippen molar-refractivity contribution in [1.29, 1.82) is 0 Å². The third-order valence-electron chi connectivity index (χ3n) is 2.70. The minimum absolute atomic E-state index is 0.192. The normalized spacial score (nSPS) is 15.3. The zero-order chi connectivity index (χ0) is 11.4. The molecule has 0 fully saturated rings. The van der Waals surface area contributed by atoms with Crippen molar-refractivity contribution in [2.24, 2.45) is 0 Å². The van der Waals surface area contributed by atoms with Crippen molar-refractivity contribution < 1.29 is 4.55 Å². The first-order chi connectivity index (χ1) is 7.06. The molecule has 1 nitrogen and oxygen atoms in total. The van der Waals surface area contributed by atoms with E-state index in [0.29, 0.717) is 5.92 Å². The van der Waals surface area contributed by atoms with Gasteiger partial charge in [0.05, 0.1) is 0 Å². The van der Waals surface area contributed by atoms with Crippen LogP contribution in [0.4, 0.5) is 0 Å². The average molecular weight is 224 g/mol. The highest BCUT2D eigenvalue weighted by Crippen LogP contribution is 2.23. The van der Waals surface area contributed by atoms with Gasteiger partial charge in [0.25, 0.3) is 0 Å². The summed E-state index contributed by atoms with van der Waals surface area (Å²) in [7, 11) is 0. The standard InChI is InChI=1S/C13H20OS/c1-5-11(4)12-7-6-8-13(9-12)15(14)10(2)3/h6-11H,5H2,1-4H3. The number of benzene rings is 1. The van der Waals surface area contributed by atoms with Crippen molar-refractivity contribution in [1.82, 2.24) is 0 Å². The number of hydrogen-bond acceptors (Lipinski definition) is 1. The summed E-state index contributed by atoms with van der Waals surface area (Å²) >= 11 is -0.864. The molecule has 15 heavy (non-hydrogen) atoms. The summed E-state index contributed by atoms with van der Waals surface area (Å²) in [5.41, 5.74) is 1.30. The van der Waals surface area contributed by atoms with Crippen LogP contribution in [0.15, 0.2) is 29.2 Å². The highest BCUT2D eigenvalue weighted by atomic mass is 32.2. The van der Waals surface area contributed by atoms with Crippen LogP contribution in [-0.2, 0) is 11.2 Å². The maximum atomic E-state index is 11.9. The topological polar surface area (TPSA) is 23.1 Å². The van der Waals surface area contributed by atoms with Gasteiger partial charge in [-0.05, 0) is 55.1 Å². The lowest BCUT2D eigenvalue weighted by molar-refractivity contribution is 0.586. The maximum absolute atomic E-state index is 11.9. The first kappa shape index (κ1) is 12.6. The largest absolute Gasteiger partial charge is 0.611 e. The summed E-state index contributed by atoms with van der Waals surface area (Å²) in [6, 6.07) is 8.18. The molecule has 1 aromatic carbocycles. The summed E-state index contributed by atoms with van der Waals surface area (Å²) in [5.74, 6) is 0.550. The fourth-order valence-corrected chi connectivity index (χ4v) is 2.46. The Morgan fingerprint density at radius 3 is 2.47 bits per heavy atom. The second-order valence-corrected chi connectivity index (χ2v) is 6.24. The molecule has 0 heterocycles. The molecule has 0 radical (unpaired) electrons. The predicted octanol–water partition coefficient (Wildman–Crippen LogP) is 3.72. The summed E-state index contributed by atoms with van der Waals surface area (Å²) < 4.78 is 11.9. The molecule has 0 saturated carbocycles. The summed E-state index contributed by atoms with van der Waals surface area (Å²) in [4.78, 5) is 0.961. The molecule has 2 heteroatoms. The highest BCUT2D eigenvalue weighted by molar-refractivity contribution is 7.92. The van der Waals surface area contributed by atoms with Gasteiger partial charge in [0.1, 0.15) is 5.25 Å². The van der Waals surface area contributed by atoms with Crippen LogP contribution in [0, 0.1) is 0 Å². The first-order valence-corrected chi connectivity index (χ1v) is 6.78. The summed E-state index contributed by atoms with van der Waals surface area (Å²) in [6.07, 6.45) is 1.12. The van der Waals surface area contributed by atoms with Crippen molar-refractivity contribution in [2.75, 3.05) is 0 Å². The molecule has 0 aromatic heterocycles. The second-order valence-electron chi connectivity index (χ2n) is 4.23. The highest BCUT2D eigenvalue weighted by Gasteiger charge is 2.16. The first-order valence-electron chi connectivity index (χ1n) is 5.56. The Labute approximate surface area is 96.1 Å². The molecule has 2 unspecified atom stereocenters. The minimum atomic E-state index is -0.864. The smallest absolute Gasteiger partial charge is 0.153 e. The number of rotatable bonds is 4. The van der Waals surface area contributed by atoms with Gasteiger partial charge in [0, 0.05) is 0 Å². The number of hydrogen-bond donors (Lipinski definition) is 0. The van der Waals surface area contributed by atoms with E-state index in [1.54, 1.807) is 0 Å². The van der Waals surface area contributed by atoms with E-state index >= 15 is 0 Å². The van der Waals surface area contributed by atoms with Crippen molar-refractivity contribution in [3.8, 4) is 0 Å². The van der Waals surface area contributed by atoms with Crippen molar-refractivity contribution in [3.63, 3.8) is 0 Å². The Hall–Kier alpha value is -0.470. The van der Waals surface area contributed by atoms with Crippen LogP contribution in [0.3, 0.4) is 0 Å². The van der Waals surface area contributed by atoms with E-state index in [1.807, 2.05) is 26.0 Å². The summed E-state index contributed by atoms with van der Waals surface area (Å²) in [6.45, 7) is 8.37. The third-order valence-corrected chi connectivity index (χ3v) is 4.27. The van der Waals surface area contributed by atoms with E-state index < -0.39 is 11.2 Å². The molecule has 0 aliphatic heterocycles. The zero-order valence-corrected chi connectivity index (χ0v) is 10.8. The Kier molecular flexibility index (Phi) is 4.68. The SMILES string of the molecule is CCC(C)c1cccc([S+]([O-])C(C)C)c1. The lowest BCUT2D eigenvalue weighted by atomic mass is 9.99. The van der Waals surface area contributed by atoms with Crippen molar-refractivity contribution in [2.45, 2.75) is 50.2 Å². The molecule has 0 aliphatic rings. The van der Waals surface area contributed by atoms with Crippen LogP contribution in [0.25, 0.3) is 0 Å². The molecule has 0 saturated heterocycles. The van der Waals surface area contributed by atoms with Crippen LogP contribution >= 0.6 is 0 Å². The van der Waals surface area contributed by atoms with Crippen LogP contribution in [0.1, 0.15) is 45.6 Å². The molecular formula is C13H20OS. The molecular weight excluding hydrogens is 204 g/mol. The van der Waals surface area contributed by atoms with E-state index in [1.165, 1.54) is 5.56 Å². The molecule has 2 atom stereocenters. The molecule has 84 valence electrons. The molecule has 1 rings (SSSR count). The molecule has 1 aromatic rings. The van der Waals surface area contributed by atoms with Gasteiger partial charge in [-0.2, -0.15) is 0 Å². The lowest BCUT2D eigenvalue weighted by Gasteiger charge is -2.16. The van der Waals surface area contributed by atoms with Crippen LogP contribution in [-0.4, -0.2) is 9.80 Å². The van der Waals surface area contributed by atoms with Gasteiger partial charge >= 0.3 is 0 Å². The molecule has 0 aliphatic carbocycles. The van der Waals surface area contributed by atoms with E-state index in [2.05, 4.69) is 26.0 Å². The third kappa shape index (κ3) is 3.25. The predicted molar refractivity (Wildman–Crippen MR) is 66.7 cm³/mol. The van der Waals surface area contributed by atoms with Crippen molar-refractivity contribution >= 4 is 11.2 Å². The van der Waals surface area contributed by atoms with Crippen LogP contribution in [0.5, 0.6) is 0 Å². The van der Waals surface area contributed by atoms with Gasteiger partial charge in [-0.3, -0.25) is 0 Å². The van der Waals surface area contributed by atoms with E-state index in [0.717, 1.165) is 11.3 Å². The minimum Gasteiger partial charge on any atom is -0.611 e. The Balaban J connectivity index is 2.92. The zero-order valence-electron chi connectivity index (χ0n) is 9.99. The van der Waals surface area contributed by atoms with Gasteiger partial charge in [0.2, 0.25) is 0 Å². The Morgan fingerprint density at radius 2 is 1.93 bits per heavy atom. The quantitative estimate of drug-likeness (QED) is 0.715. The van der Waals surface area contributed by atoms with Crippen LogP contribution < -0.4 is 0 Å². The van der Waals surface area contributed by atoms with Gasteiger partial charge in [0.15, 0.2) is 4.90 Å². The molecule has 0 spiro atoms. The summed E-state index contributed by atoms with van der Waals surface area (Å²) in [5, 5.41) is 0.192.